The molecule has 0 radical (unpaired) electrons. The van der Waals surface area contributed by atoms with Crippen molar-refractivity contribution in [3.05, 3.63) is 83.7 Å². The van der Waals surface area contributed by atoms with Gasteiger partial charge >= 0.3 is 0 Å². The molecule has 34 heavy (non-hydrogen) atoms. The van der Waals surface area contributed by atoms with E-state index in [1.165, 1.54) is 18.2 Å². The molecule has 9 heteroatoms. The number of anilines is 2. The van der Waals surface area contributed by atoms with Crippen LogP contribution in [0.1, 0.15) is 15.9 Å². The maximum absolute atomic E-state index is 13.8. The van der Waals surface area contributed by atoms with Crippen molar-refractivity contribution in [3.63, 3.8) is 0 Å². The molecule has 4 rings (SSSR count). The molecule has 0 aliphatic carbocycles. The number of piperazine rings is 1. The van der Waals surface area contributed by atoms with Crippen LogP contribution in [0, 0.1) is 12.7 Å². The Bertz CT molecular complexity index is 1310. The summed E-state index contributed by atoms with van der Waals surface area (Å²) >= 11 is 0. The van der Waals surface area contributed by atoms with E-state index in [0.29, 0.717) is 37.3 Å². The number of para-hydroxylation sites is 2. The Hall–Kier alpha value is -3.59. The second kappa shape index (κ2) is 9.72. The van der Waals surface area contributed by atoms with Gasteiger partial charge in [0.05, 0.1) is 17.7 Å². The monoisotopic (exact) mass is 483 g/mol. The summed E-state index contributed by atoms with van der Waals surface area (Å²) in [5.74, 6) is 0.0110. The number of carbonyl (C=O) groups is 1. The number of nitrogens with zero attached hydrogens (tertiary/aromatic N) is 2. The number of hydrogen-bond acceptors (Lipinski definition) is 5. The molecule has 178 valence electrons. The van der Waals surface area contributed by atoms with Gasteiger partial charge in [-0.1, -0.05) is 24.3 Å². The number of aryl methyl sites for hydroxylation is 1. The van der Waals surface area contributed by atoms with E-state index in [2.05, 4.69) is 9.62 Å². The minimum absolute atomic E-state index is 0.179. The van der Waals surface area contributed by atoms with Gasteiger partial charge in [-0.25, -0.2) is 12.8 Å². The molecule has 0 aromatic heterocycles. The number of hydrogen-bond donors (Lipinski definition) is 1. The molecule has 3 aromatic carbocycles. The largest absolute Gasteiger partial charge is 0.495 e. The third kappa shape index (κ3) is 4.99. The van der Waals surface area contributed by atoms with E-state index in [-0.39, 0.29) is 16.5 Å². The lowest BCUT2D eigenvalue weighted by molar-refractivity contribution is 0.0746. The van der Waals surface area contributed by atoms with Crippen LogP contribution in [-0.4, -0.2) is 52.5 Å². The van der Waals surface area contributed by atoms with Crippen LogP contribution < -0.4 is 14.4 Å². The number of methoxy groups -OCH3 is 1. The van der Waals surface area contributed by atoms with Crippen LogP contribution in [0.25, 0.3) is 0 Å². The Kier molecular flexibility index (Phi) is 6.74. The first kappa shape index (κ1) is 23.6. The zero-order valence-corrected chi connectivity index (χ0v) is 19.8. The molecule has 0 unspecified atom stereocenters. The topological polar surface area (TPSA) is 79.0 Å². The zero-order chi connectivity index (χ0) is 24.3. The summed E-state index contributed by atoms with van der Waals surface area (Å²) in [5.41, 5.74) is 1.96. The number of halogens is 1. The van der Waals surface area contributed by atoms with Crippen molar-refractivity contribution >= 4 is 27.3 Å². The second-order valence-electron chi connectivity index (χ2n) is 8.05. The minimum atomic E-state index is -4.00. The maximum Gasteiger partial charge on any atom is 0.261 e. The van der Waals surface area contributed by atoms with Gasteiger partial charge < -0.3 is 14.5 Å². The first-order valence-corrected chi connectivity index (χ1v) is 12.3. The van der Waals surface area contributed by atoms with Crippen molar-refractivity contribution in [2.24, 2.45) is 0 Å². The molecule has 7 nitrogen and oxygen atoms in total. The van der Waals surface area contributed by atoms with Gasteiger partial charge in [0.15, 0.2) is 0 Å². The lowest BCUT2D eigenvalue weighted by atomic mass is 10.1. The lowest BCUT2D eigenvalue weighted by Gasteiger charge is -2.36. The summed E-state index contributed by atoms with van der Waals surface area (Å²) in [7, 11) is -2.36. The highest BCUT2D eigenvalue weighted by Crippen LogP contribution is 2.28. The smallest absolute Gasteiger partial charge is 0.261 e. The number of carbonyl (C=O) groups excluding carboxylic acids is 1. The van der Waals surface area contributed by atoms with E-state index in [4.69, 9.17) is 4.74 Å². The molecule has 0 atom stereocenters. The molecular weight excluding hydrogens is 457 g/mol. The van der Waals surface area contributed by atoms with Crippen LogP contribution in [0.15, 0.2) is 71.6 Å². The Labute approximate surface area is 198 Å². The number of ether oxygens (including phenoxy) is 1. The first-order chi connectivity index (χ1) is 16.3. The van der Waals surface area contributed by atoms with E-state index in [0.717, 1.165) is 17.5 Å². The summed E-state index contributed by atoms with van der Waals surface area (Å²) in [6, 6.07) is 17.8. The normalized spacial score (nSPS) is 14.1. The van der Waals surface area contributed by atoms with E-state index >= 15 is 0 Å². The molecular formula is C25H26FN3O4S. The molecule has 1 saturated heterocycles. The zero-order valence-electron chi connectivity index (χ0n) is 19.0. The molecule has 0 saturated carbocycles. The van der Waals surface area contributed by atoms with E-state index in [1.807, 2.05) is 24.3 Å². The van der Waals surface area contributed by atoms with Crippen LogP contribution in [0.5, 0.6) is 5.75 Å². The lowest BCUT2D eigenvalue weighted by Crippen LogP contribution is -2.48. The molecule has 1 amide bonds. The molecule has 1 heterocycles. The van der Waals surface area contributed by atoms with E-state index in [9.17, 15) is 17.6 Å². The van der Waals surface area contributed by atoms with Crippen molar-refractivity contribution in [2.75, 3.05) is 42.9 Å². The number of rotatable bonds is 6. The summed E-state index contributed by atoms with van der Waals surface area (Å²) in [6.45, 7) is 3.91. The predicted molar refractivity (Wildman–Crippen MR) is 129 cm³/mol. The van der Waals surface area contributed by atoms with Gasteiger partial charge in [-0.3, -0.25) is 9.52 Å². The van der Waals surface area contributed by atoms with Gasteiger partial charge in [-0.2, -0.15) is 0 Å². The highest BCUT2D eigenvalue weighted by Gasteiger charge is 2.24. The Morgan fingerprint density at radius 1 is 0.971 bits per heavy atom. The van der Waals surface area contributed by atoms with Gasteiger partial charge in [0.1, 0.15) is 11.6 Å². The van der Waals surface area contributed by atoms with Crippen LogP contribution in [0.3, 0.4) is 0 Å². The van der Waals surface area contributed by atoms with Gasteiger partial charge in [0.25, 0.3) is 15.9 Å². The molecule has 1 aliphatic rings. The van der Waals surface area contributed by atoms with Crippen LogP contribution in [-0.2, 0) is 10.0 Å². The third-order valence-electron chi connectivity index (χ3n) is 5.81. The van der Waals surface area contributed by atoms with Crippen molar-refractivity contribution < 1.29 is 22.3 Å². The standard InChI is InChI=1S/C25H26FN3O4S/c1-18-10-11-21(17-22(18)26)34(31,32)27-20-7-5-6-19(16-20)25(30)29-14-12-28(13-15-29)23-8-3-4-9-24(23)33-2/h3-11,16-17,27H,12-15H2,1-2H3. The van der Waals surface area contributed by atoms with E-state index in [1.54, 1.807) is 37.1 Å². The Balaban J connectivity index is 1.44. The third-order valence-corrected chi connectivity index (χ3v) is 7.19. The van der Waals surface area contributed by atoms with Crippen molar-refractivity contribution in [1.82, 2.24) is 4.90 Å². The number of sulfonamides is 1. The van der Waals surface area contributed by atoms with Crippen molar-refractivity contribution in [1.29, 1.82) is 0 Å². The van der Waals surface area contributed by atoms with Crippen LogP contribution in [0.4, 0.5) is 15.8 Å². The minimum Gasteiger partial charge on any atom is -0.495 e. The summed E-state index contributed by atoms with van der Waals surface area (Å²) in [5, 5.41) is 0. The quantitative estimate of drug-likeness (QED) is 0.575. The average molecular weight is 484 g/mol. The maximum atomic E-state index is 13.8. The van der Waals surface area contributed by atoms with Gasteiger partial charge in [0, 0.05) is 37.4 Å². The van der Waals surface area contributed by atoms with Crippen molar-refractivity contribution in [2.45, 2.75) is 11.8 Å². The number of nitrogens with one attached hydrogen (secondary N) is 1. The van der Waals surface area contributed by atoms with Crippen LogP contribution >= 0.6 is 0 Å². The molecule has 1 fully saturated rings. The molecule has 0 spiro atoms. The van der Waals surface area contributed by atoms with E-state index < -0.39 is 15.8 Å². The first-order valence-electron chi connectivity index (χ1n) is 10.8. The summed E-state index contributed by atoms with van der Waals surface area (Å²) in [6.07, 6.45) is 0. The molecule has 1 aliphatic heterocycles. The number of benzene rings is 3. The number of amides is 1. The van der Waals surface area contributed by atoms with Crippen LogP contribution in [0.2, 0.25) is 0 Å². The Morgan fingerprint density at radius 2 is 1.71 bits per heavy atom. The fourth-order valence-corrected chi connectivity index (χ4v) is 4.96. The van der Waals surface area contributed by atoms with Gasteiger partial charge in [-0.15, -0.1) is 0 Å². The summed E-state index contributed by atoms with van der Waals surface area (Å²) in [4.78, 5) is 16.8. The van der Waals surface area contributed by atoms with Gasteiger partial charge in [-0.05, 0) is 55.0 Å². The Morgan fingerprint density at radius 3 is 2.41 bits per heavy atom. The van der Waals surface area contributed by atoms with Crippen molar-refractivity contribution in [3.8, 4) is 5.75 Å². The molecule has 1 N–H and O–H groups in total. The fourth-order valence-electron chi connectivity index (χ4n) is 3.89. The second-order valence-corrected chi connectivity index (χ2v) is 9.73. The average Bonchev–Trinajstić information content (AvgIpc) is 2.85. The molecule has 3 aromatic rings. The summed E-state index contributed by atoms with van der Waals surface area (Å²) < 4.78 is 47.1. The highest BCUT2D eigenvalue weighted by atomic mass is 32.2. The SMILES string of the molecule is COc1ccccc1N1CCN(C(=O)c2cccc(NS(=O)(=O)c3ccc(C)c(F)c3)c2)CC1. The molecule has 0 bridgehead atoms. The highest BCUT2D eigenvalue weighted by molar-refractivity contribution is 7.92. The predicted octanol–water partition coefficient (Wildman–Crippen LogP) is 3.91. The van der Waals surface area contributed by atoms with Gasteiger partial charge in [0.2, 0.25) is 0 Å². The fraction of sp³-hybridized carbons (Fsp3) is 0.240.